The quantitative estimate of drug-likeness (QED) is 0.225. The molecule has 3 aliphatic rings. The van der Waals surface area contributed by atoms with Gasteiger partial charge in [-0.25, -0.2) is 14.8 Å². The van der Waals surface area contributed by atoms with Gasteiger partial charge in [0.2, 0.25) is 0 Å². The number of nitrogens with zero attached hydrogens (tertiary/aromatic N) is 7. The van der Waals surface area contributed by atoms with Gasteiger partial charge in [-0.1, -0.05) is 23.4 Å². The number of rotatable bonds is 6. The van der Waals surface area contributed by atoms with Crippen LogP contribution >= 0.6 is 22.9 Å². The van der Waals surface area contributed by atoms with Crippen LogP contribution < -0.4 is 10.5 Å². The van der Waals surface area contributed by atoms with E-state index in [9.17, 15) is 20.0 Å². The molecular formula is C36H30ClN7O3S. The van der Waals surface area contributed by atoms with Crippen LogP contribution in [0.1, 0.15) is 53.0 Å². The van der Waals surface area contributed by atoms with Crippen molar-refractivity contribution in [3.8, 4) is 29.0 Å². The number of fused-ring (bicyclic) bond motifs is 2. The predicted molar refractivity (Wildman–Crippen MR) is 186 cm³/mol. The van der Waals surface area contributed by atoms with Gasteiger partial charge < -0.3 is 14.9 Å². The minimum Gasteiger partial charge on any atom is -0.478 e. The molecule has 2 aliphatic carbocycles. The van der Waals surface area contributed by atoms with Gasteiger partial charge in [0.05, 0.1) is 39.4 Å². The monoisotopic (exact) mass is 675 g/mol. The summed E-state index contributed by atoms with van der Waals surface area (Å²) in [6.07, 6.45) is 8.11. The molecule has 4 aromatic heterocycles. The lowest BCUT2D eigenvalue weighted by molar-refractivity contribution is -0.0123. The number of benzene rings is 1. The van der Waals surface area contributed by atoms with Gasteiger partial charge in [-0.2, -0.15) is 5.26 Å². The molecule has 10 nitrogen and oxygen atoms in total. The highest BCUT2D eigenvalue weighted by Crippen LogP contribution is 2.52. The number of halogens is 1. The Morgan fingerprint density at radius 3 is 2.71 bits per heavy atom. The SMILES string of the molecule is Cc1nc2cnc(N3CC4(CC(N(C)C5CC5)C4)C3)c(C#N)c2c(=O)n1CC#Cc1ccc(Cl)cc1-c1ccnc2c(C(=O)O)csc12. The lowest BCUT2D eigenvalue weighted by Crippen LogP contribution is -2.66. The van der Waals surface area contributed by atoms with Gasteiger partial charge in [-0.05, 0) is 63.9 Å². The molecule has 5 aromatic rings. The minimum absolute atomic E-state index is 0.0504. The fourth-order valence-corrected chi connectivity index (χ4v) is 8.58. The Kier molecular flexibility index (Phi) is 7.26. The summed E-state index contributed by atoms with van der Waals surface area (Å²) in [6, 6.07) is 10.8. The van der Waals surface area contributed by atoms with Crippen molar-refractivity contribution in [3.05, 3.63) is 79.9 Å². The van der Waals surface area contributed by atoms with Gasteiger partial charge in [-0.15, -0.1) is 11.3 Å². The van der Waals surface area contributed by atoms with E-state index in [-0.39, 0.29) is 34.0 Å². The Morgan fingerprint density at radius 2 is 1.98 bits per heavy atom. The first-order valence-corrected chi connectivity index (χ1v) is 17.1. The molecule has 1 saturated heterocycles. The molecular weight excluding hydrogens is 646 g/mol. The number of aromatic carboxylic acids is 1. The second-order valence-electron chi connectivity index (χ2n) is 13.2. The summed E-state index contributed by atoms with van der Waals surface area (Å²) in [6.45, 7) is 3.47. The molecule has 0 atom stereocenters. The summed E-state index contributed by atoms with van der Waals surface area (Å²) < 4.78 is 2.20. The third kappa shape index (κ3) is 5.01. The second kappa shape index (κ2) is 11.4. The molecule has 0 radical (unpaired) electrons. The number of aryl methyl sites for hydroxylation is 1. The van der Waals surface area contributed by atoms with Crippen molar-refractivity contribution in [2.45, 2.75) is 51.2 Å². The van der Waals surface area contributed by atoms with E-state index in [0.29, 0.717) is 39.3 Å². The molecule has 48 heavy (non-hydrogen) atoms. The number of nitriles is 1. The molecule has 1 aromatic carbocycles. The summed E-state index contributed by atoms with van der Waals surface area (Å²) in [4.78, 5) is 43.9. The highest BCUT2D eigenvalue weighted by atomic mass is 35.5. The summed E-state index contributed by atoms with van der Waals surface area (Å²) in [5, 5.41) is 22.2. The lowest BCUT2D eigenvalue weighted by Gasteiger charge is -2.61. The number of anilines is 1. The minimum atomic E-state index is -1.04. The highest BCUT2D eigenvalue weighted by Gasteiger charge is 2.55. The maximum Gasteiger partial charge on any atom is 0.338 e. The topological polar surface area (TPSA) is 128 Å². The Bertz CT molecular complexity index is 2330. The van der Waals surface area contributed by atoms with E-state index < -0.39 is 5.97 Å². The predicted octanol–water partition coefficient (Wildman–Crippen LogP) is 5.71. The van der Waals surface area contributed by atoms with Crippen molar-refractivity contribution in [1.82, 2.24) is 24.4 Å². The average molecular weight is 676 g/mol. The van der Waals surface area contributed by atoms with Crippen molar-refractivity contribution in [2.75, 3.05) is 25.0 Å². The van der Waals surface area contributed by atoms with E-state index in [1.165, 1.54) is 28.7 Å². The van der Waals surface area contributed by atoms with Crippen LogP contribution in [0.15, 0.2) is 46.8 Å². The van der Waals surface area contributed by atoms with Crippen molar-refractivity contribution in [3.63, 3.8) is 0 Å². The zero-order chi connectivity index (χ0) is 33.3. The number of aromatic nitrogens is 4. The molecule has 3 fully saturated rings. The van der Waals surface area contributed by atoms with Crippen LogP contribution in [0.3, 0.4) is 0 Å². The third-order valence-corrected chi connectivity index (χ3v) is 11.3. The fraction of sp³-hybridized carbons (Fsp3) is 0.333. The van der Waals surface area contributed by atoms with Crippen molar-refractivity contribution >= 4 is 55.8 Å². The van der Waals surface area contributed by atoms with Gasteiger partial charge in [0.15, 0.2) is 0 Å². The number of carboxylic acids is 1. The van der Waals surface area contributed by atoms with E-state index in [0.717, 1.165) is 47.8 Å². The second-order valence-corrected chi connectivity index (χ2v) is 14.5. The molecule has 1 spiro atoms. The lowest BCUT2D eigenvalue weighted by atomic mass is 9.60. The largest absolute Gasteiger partial charge is 0.478 e. The molecule has 12 heteroatoms. The smallest absolute Gasteiger partial charge is 0.338 e. The standard InChI is InChI=1S/C36H30ClN7O3S/c1-20-41-29-16-40-33(43-18-36(19-43)13-24(14-36)42(2)23-7-8-23)27(15-38)30(29)34(45)44(20)11-3-4-21-5-6-22(37)12-26(21)25-9-10-39-31-28(35(46)47)17-48-32(25)31/h5-6,9-10,12,16-17,23-24H,7-8,11,13-14,18-19H2,1-2H3,(H,46,47). The molecule has 240 valence electrons. The van der Waals surface area contributed by atoms with Gasteiger partial charge in [0.1, 0.15) is 23.3 Å². The number of carbonyl (C=O) groups is 1. The van der Waals surface area contributed by atoms with Gasteiger partial charge in [0, 0.05) is 63.9 Å². The molecule has 0 amide bonds. The summed E-state index contributed by atoms with van der Waals surface area (Å²) >= 11 is 7.69. The molecule has 2 saturated carbocycles. The zero-order valence-electron chi connectivity index (χ0n) is 26.3. The Balaban J connectivity index is 1.09. The van der Waals surface area contributed by atoms with E-state index >= 15 is 0 Å². The zero-order valence-corrected chi connectivity index (χ0v) is 27.9. The third-order valence-electron chi connectivity index (χ3n) is 10.1. The number of carboxylic acid groups (broad SMARTS) is 1. The van der Waals surface area contributed by atoms with Crippen LogP contribution in [-0.2, 0) is 6.54 Å². The molecule has 1 N–H and O–H groups in total. The van der Waals surface area contributed by atoms with Crippen LogP contribution in [0.5, 0.6) is 0 Å². The van der Waals surface area contributed by atoms with Crippen LogP contribution in [-0.4, -0.2) is 67.7 Å². The Labute approximate surface area is 285 Å². The van der Waals surface area contributed by atoms with Crippen LogP contribution in [0.2, 0.25) is 5.02 Å². The molecule has 0 unspecified atom stereocenters. The molecule has 0 bridgehead atoms. The molecule has 8 rings (SSSR count). The number of thiophene rings is 1. The summed E-state index contributed by atoms with van der Waals surface area (Å²) in [5.74, 6) is 6.29. The normalized spacial score (nSPS) is 16.9. The van der Waals surface area contributed by atoms with E-state index in [1.54, 1.807) is 42.9 Å². The van der Waals surface area contributed by atoms with Crippen molar-refractivity contribution in [2.24, 2.45) is 5.41 Å². The van der Waals surface area contributed by atoms with Crippen LogP contribution in [0, 0.1) is 35.5 Å². The first-order valence-electron chi connectivity index (χ1n) is 15.8. The van der Waals surface area contributed by atoms with E-state index in [2.05, 4.69) is 49.7 Å². The molecule has 1 aliphatic heterocycles. The summed E-state index contributed by atoms with van der Waals surface area (Å²) in [5.41, 5.74) is 3.29. The highest BCUT2D eigenvalue weighted by molar-refractivity contribution is 7.18. The van der Waals surface area contributed by atoms with Crippen LogP contribution in [0.4, 0.5) is 5.82 Å². The number of hydrogen-bond donors (Lipinski definition) is 1. The van der Waals surface area contributed by atoms with Crippen molar-refractivity contribution in [1.29, 1.82) is 5.26 Å². The van der Waals surface area contributed by atoms with Crippen molar-refractivity contribution < 1.29 is 9.90 Å². The van der Waals surface area contributed by atoms with Crippen LogP contribution in [0.25, 0.3) is 32.2 Å². The maximum atomic E-state index is 14.0. The van der Waals surface area contributed by atoms with Gasteiger partial charge in [0.25, 0.3) is 5.56 Å². The Morgan fingerprint density at radius 1 is 1.19 bits per heavy atom. The number of pyridine rings is 2. The first-order chi connectivity index (χ1) is 23.2. The van der Waals surface area contributed by atoms with Gasteiger partial charge >= 0.3 is 5.97 Å². The van der Waals surface area contributed by atoms with Gasteiger partial charge in [-0.3, -0.25) is 14.3 Å². The fourth-order valence-electron chi connectivity index (χ4n) is 7.38. The summed E-state index contributed by atoms with van der Waals surface area (Å²) in [7, 11) is 2.24. The molecule has 5 heterocycles. The van der Waals surface area contributed by atoms with E-state index in [1.807, 2.05) is 6.07 Å². The average Bonchev–Trinajstić information content (AvgIpc) is 3.79. The maximum absolute atomic E-state index is 14.0. The van der Waals surface area contributed by atoms with E-state index in [4.69, 9.17) is 11.6 Å². The number of hydrogen-bond acceptors (Lipinski definition) is 9. The first kappa shape index (κ1) is 30.5. The Hall–Kier alpha value is -4.81.